The Labute approximate surface area is 221 Å². The van der Waals surface area contributed by atoms with Crippen LogP contribution in [0.25, 0.3) is 11.6 Å². The van der Waals surface area contributed by atoms with Crippen LogP contribution in [0, 0.1) is 19.7 Å². The molecule has 2 heterocycles. The summed E-state index contributed by atoms with van der Waals surface area (Å²) in [4.78, 5) is 41.3. The molecule has 0 bridgehead atoms. The first-order chi connectivity index (χ1) is 17.4. The molecule has 4 rings (SSSR count). The predicted octanol–water partition coefficient (Wildman–Crippen LogP) is 6.53. The number of imide groups is 1. The van der Waals surface area contributed by atoms with Crippen molar-refractivity contribution in [1.82, 2.24) is 4.90 Å². The quantitative estimate of drug-likeness (QED) is 0.438. The minimum atomic E-state index is -0.608. The standard InChI is InChI=1S/C29H32FN3O3S/c1-7-10-33-24-14-23(30)20(12-22(24)19(4)15-29(33,5)6)13-25-27(35)32(28(36)37-25)16-26(34)31-21-9-8-17(2)18(3)11-21/h8-9,11-15H,7,10,16H2,1-6H3,(H,31,34)/b25-13+. The number of rotatable bonds is 6. The molecule has 0 aliphatic carbocycles. The summed E-state index contributed by atoms with van der Waals surface area (Å²) < 4.78 is 15.3. The van der Waals surface area contributed by atoms with Gasteiger partial charge in [-0.1, -0.05) is 19.1 Å². The molecule has 1 fully saturated rings. The largest absolute Gasteiger partial charge is 0.362 e. The second kappa shape index (κ2) is 10.2. The second-order valence-electron chi connectivity index (χ2n) is 10.1. The van der Waals surface area contributed by atoms with Crippen LogP contribution in [0.5, 0.6) is 0 Å². The van der Waals surface area contributed by atoms with Gasteiger partial charge in [-0.3, -0.25) is 19.3 Å². The highest BCUT2D eigenvalue weighted by Gasteiger charge is 2.37. The van der Waals surface area contributed by atoms with Crippen LogP contribution >= 0.6 is 11.8 Å². The van der Waals surface area contributed by atoms with E-state index < -0.39 is 29.4 Å². The lowest BCUT2D eigenvalue weighted by atomic mass is 9.87. The Bertz CT molecular complexity index is 1360. The summed E-state index contributed by atoms with van der Waals surface area (Å²) in [5.74, 6) is -1.56. The zero-order valence-corrected chi connectivity index (χ0v) is 22.9. The third-order valence-corrected chi connectivity index (χ3v) is 7.70. The highest BCUT2D eigenvalue weighted by atomic mass is 32.2. The zero-order chi connectivity index (χ0) is 27.1. The number of anilines is 2. The van der Waals surface area contributed by atoms with Gasteiger partial charge in [-0.2, -0.15) is 0 Å². The molecule has 2 aromatic carbocycles. The number of carbonyl (C=O) groups excluding carboxylic acids is 3. The van der Waals surface area contributed by atoms with E-state index in [1.807, 2.05) is 32.9 Å². The molecule has 0 spiro atoms. The molecule has 0 aromatic heterocycles. The third-order valence-electron chi connectivity index (χ3n) is 6.80. The van der Waals surface area contributed by atoms with Crippen LogP contribution in [-0.4, -0.2) is 40.6 Å². The zero-order valence-electron chi connectivity index (χ0n) is 22.1. The highest BCUT2D eigenvalue weighted by Crippen LogP contribution is 2.41. The van der Waals surface area contributed by atoms with Crippen molar-refractivity contribution in [2.75, 3.05) is 23.3 Å². The Morgan fingerprint density at radius 1 is 1.11 bits per heavy atom. The van der Waals surface area contributed by atoms with Gasteiger partial charge in [0.2, 0.25) is 5.91 Å². The number of halogens is 1. The van der Waals surface area contributed by atoms with Crippen molar-refractivity contribution in [2.45, 2.75) is 53.5 Å². The minimum absolute atomic E-state index is 0.0889. The van der Waals surface area contributed by atoms with E-state index in [-0.39, 0.29) is 16.0 Å². The number of nitrogens with one attached hydrogen (secondary N) is 1. The highest BCUT2D eigenvalue weighted by molar-refractivity contribution is 8.18. The van der Waals surface area contributed by atoms with Gasteiger partial charge in [0.15, 0.2) is 0 Å². The number of nitrogens with zero attached hydrogens (tertiary/aromatic N) is 2. The van der Waals surface area contributed by atoms with Gasteiger partial charge in [0, 0.05) is 29.0 Å². The molecule has 0 radical (unpaired) electrons. The van der Waals surface area contributed by atoms with E-state index in [2.05, 4.69) is 37.1 Å². The topological polar surface area (TPSA) is 69.7 Å². The van der Waals surface area contributed by atoms with Crippen LogP contribution in [0.3, 0.4) is 0 Å². The van der Waals surface area contributed by atoms with E-state index >= 15 is 4.39 Å². The normalized spacial score (nSPS) is 17.8. The number of fused-ring (bicyclic) bond motifs is 1. The summed E-state index contributed by atoms with van der Waals surface area (Å²) in [5, 5.41) is 2.17. The van der Waals surface area contributed by atoms with Gasteiger partial charge >= 0.3 is 0 Å². The maximum absolute atomic E-state index is 15.3. The van der Waals surface area contributed by atoms with Gasteiger partial charge in [0.1, 0.15) is 12.4 Å². The molecule has 2 aliphatic rings. The number of hydrogen-bond donors (Lipinski definition) is 1. The number of carbonyl (C=O) groups is 3. The first-order valence-electron chi connectivity index (χ1n) is 12.3. The average Bonchev–Trinajstić information content (AvgIpc) is 3.07. The molecular formula is C29H32FN3O3S. The molecule has 2 aromatic rings. The van der Waals surface area contributed by atoms with Crippen molar-refractivity contribution >= 4 is 51.8 Å². The van der Waals surface area contributed by atoms with Gasteiger partial charge in [-0.25, -0.2) is 4.39 Å². The molecule has 1 saturated heterocycles. The van der Waals surface area contributed by atoms with E-state index in [1.165, 1.54) is 12.1 Å². The average molecular weight is 522 g/mol. The molecule has 3 amide bonds. The lowest BCUT2D eigenvalue weighted by Gasteiger charge is -2.43. The van der Waals surface area contributed by atoms with Gasteiger partial charge < -0.3 is 10.2 Å². The molecule has 194 valence electrons. The molecule has 37 heavy (non-hydrogen) atoms. The minimum Gasteiger partial charge on any atom is -0.362 e. The summed E-state index contributed by atoms with van der Waals surface area (Å²) in [6.07, 6.45) is 4.48. The Morgan fingerprint density at radius 3 is 2.51 bits per heavy atom. The SMILES string of the molecule is CCCN1c2cc(F)c(/C=C3/SC(=O)N(CC(=O)Nc4ccc(C)c(C)c4)C3=O)cc2C(C)=CC1(C)C. The molecule has 6 nitrogen and oxygen atoms in total. The summed E-state index contributed by atoms with van der Waals surface area (Å²) in [5.41, 5.74) is 5.43. The van der Waals surface area contributed by atoms with Crippen molar-refractivity contribution < 1.29 is 18.8 Å². The summed E-state index contributed by atoms with van der Waals surface area (Å²) in [6, 6.07) is 8.73. The van der Waals surface area contributed by atoms with Crippen molar-refractivity contribution in [3.8, 4) is 0 Å². The van der Waals surface area contributed by atoms with E-state index in [0.29, 0.717) is 17.4 Å². The molecule has 8 heteroatoms. The fourth-order valence-electron chi connectivity index (χ4n) is 4.80. The molecule has 0 unspecified atom stereocenters. The lowest BCUT2D eigenvalue weighted by Crippen LogP contribution is -2.45. The van der Waals surface area contributed by atoms with Gasteiger partial charge in [-0.05, 0) is 99.8 Å². The lowest BCUT2D eigenvalue weighted by molar-refractivity contribution is -0.127. The predicted molar refractivity (Wildman–Crippen MR) is 149 cm³/mol. The monoisotopic (exact) mass is 521 g/mol. The fourth-order valence-corrected chi connectivity index (χ4v) is 5.63. The van der Waals surface area contributed by atoms with Crippen LogP contribution in [-0.2, 0) is 9.59 Å². The van der Waals surface area contributed by atoms with Gasteiger partial charge in [0.05, 0.1) is 10.4 Å². The molecular weight excluding hydrogens is 489 g/mol. The van der Waals surface area contributed by atoms with Gasteiger partial charge in [-0.15, -0.1) is 0 Å². The summed E-state index contributed by atoms with van der Waals surface area (Å²) in [6.45, 7) is 12.6. The number of amides is 3. The summed E-state index contributed by atoms with van der Waals surface area (Å²) in [7, 11) is 0. The molecule has 0 atom stereocenters. The van der Waals surface area contributed by atoms with E-state index in [4.69, 9.17) is 0 Å². The van der Waals surface area contributed by atoms with Gasteiger partial charge in [0.25, 0.3) is 11.1 Å². The number of thioether (sulfide) groups is 1. The van der Waals surface area contributed by atoms with Crippen molar-refractivity contribution in [3.63, 3.8) is 0 Å². The second-order valence-corrected chi connectivity index (χ2v) is 11.1. The van der Waals surface area contributed by atoms with Crippen LogP contribution in [0.2, 0.25) is 0 Å². The first-order valence-corrected chi connectivity index (χ1v) is 13.2. The van der Waals surface area contributed by atoms with Crippen LogP contribution < -0.4 is 10.2 Å². The van der Waals surface area contributed by atoms with Crippen LogP contribution in [0.1, 0.15) is 56.4 Å². The number of benzene rings is 2. The Kier molecular flexibility index (Phi) is 7.33. The number of allylic oxidation sites excluding steroid dienone is 1. The Morgan fingerprint density at radius 2 is 1.84 bits per heavy atom. The molecule has 1 N–H and O–H groups in total. The molecule has 0 saturated carbocycles. The van der Waals surface area contributed by atoms with Crippen molar-refractivity contribution in [3.05, 3.63) is 69.4 Å². The van der Waals surface area contributed by atoms with Crippen molar-refractivity contribution in [2.24, 2.45) is 0 Å². The molecule has 2 aliphatic heterocycles. The van der Waals surface area contributed by atoms with E-state index in [9.17, 15) is 14.4 Å². The van der Waals surface area contributed by atoms with E-state index in [1.54, 1.807) is 12.1 Å². The first kappa shape index (κ1) is 26.7. The third kappa shape index (κ3) is 5.34. The number of hydrogen-bond acceptors (Lipinski definition) is 5. The number of aryl methyl sites for hydroxylation is 2. The van der Waals surface area contributed by atoms with Crippen LogP contribution in [0.4, 0.5) is 20.6 Å². The Hall–Kier alpha value is -3.39. The fraction of sp³-hybridized carbons (Fsp3) is 0.345. The van der Waals surface area contributed by atoms with Crippen molar-refractivity contribution in [1.29, 1.82) is 0 Å². The van der Waals surface area contributed by atoms with E-state index in [0.717, 1.165) is 45.8 Å². The Balaban J connectivity index is 1.56. The maximum Gasteiger partial charge on any atom is 0.294 e. The smallest absolute Gasteiger partial charge is 0.294 e. The summed E-state index contributed by atoms with van der Waals surface area (Å²) >= 11 is 0.711. The maximum atomic E-state index is 15.3. The van der Waals surface area contributed by atoms with Crippen LogP contribution in [0.15, 0.2) is 41.3 Å².